The van der Waals surface area contributed by atoms with Crippen molar-refractivity contribution in [2.75, 3.05) is 0 Å². The van der Waals surface area contributed by atoms with E-state index in [-0.39, 0.29) is 5.89 Å². The van der Waals surface area contributed by atoms with Crippen LogP contribution in [0.2, 0.25) is 0 Å². The molecule has 4 rings (SSSR count). The van der Waals surface area contributed by atoms with Crippen LogP contribution >= 0.6 is 0 Å². The molecule has 0 saturated carbocycles. The van der Waals surface area contributed by atoms with Crippen LogP contribution < -0.4 is 0 Å². The van der Waals surface area contributed by atoms with Crippen molar-refractivity contribution >= 4 is 0 Å². The van der Waals surface area contributed by atoms with E-state index in [1.807, 2.05) is 12.1 Å². The van der Waals surface area contributed by atoms with Gasteiger partial charge in [0.15, 0.2) is 0 Å². The molecule has 10 heteroatoms. The van der Waals surface area contributed by atoms with Crippen LogP contribution in [-0.2, 0) is 6.54 Å². The SMILES string of the molecule is FC(F)c1nnc(-c2ccc(Cn3cc(-c4cccnc4)nn3)nc2)o1. The molecule has 0 radical (unpaired) electrons. The second-order valence-electron chi connectivity index (χ2n) is 5.33. The predicted molar refractivity (Wildman–Crippen MR) is 84.8 cm³/mol. The number of hydrogen-bond acceptors (Lipinski definition) is 7. The molecule has 0 atom stereocenters. The fraction of sp³-hybridized carbons (Fsp3) is 0.125. The standard InChI is InChI=1S/C16H11F2N7O/c17-14(18)16-23-22-15(26-16)11-3-4-12(20-7-11)8-25-9-13(21-24-25)10-2-1-5-19-6-10/h1-7,9,14H,8H2. The van der Waals surface area contributed by atoms with Crippen LogP contribution in [0.4, 0.5) is 8.78 Å². The molecule has 130 valence electrons. The van der Waals surface area contributed by atoms with Gasteiger partial charge in [-0.2, -0.15) is 8.78 Å². The van der Waals surface area contributed by atoms with Gasteiger partial charge in [0, 0.05) is 24.2 Å². The summed E-state index contributed by atoms with van der Waals surface area (Å²) in [4.78, 5) is 8.32. The van der Waals surface area contributed by atoms with Gasteiger partial charge in [0.1, 0.15) is 5.69 Å². The molecule has 0 amide bonds. The summed E-state index contributed by atoms with van der Waals surface area (Å²) in [5, 5.41) is 15.1. The van der Waals surface area contributed by atoms with Crippen molar-refractivity contribution in [3.63, 3.8) is 0 Å². The first-order chi connectivity index (χ1) is 12.7. The zero-order valence-corrected chi connectivity index (χ0v) is 13.2. The monoisotopic (exact) mass is 355 g/mol. The van der Waals surface area contributed by atoms with Crippen LogP contribution in [0.5, 0.6) is 0 Å². The van der Waals surface area contributed by atoms with Crippen molar-refractivity contribution in [1.82, 2.24) is 35.2 Å². The Kier molecular flexibility index (Phi) is 4.14. The fourth-order valence-corrected chi connectivity index (χ4v) is 2.27. The molecule has 4 aromatic heterocycles. The minimum atomic E-state index is -2.80. The van der Waals surface area contributed by atoms with Crippen molar-refractivity contribution in [2.24, 2.45) is 0 Å². The fourth-order valence-electron chi connectivity index (χ4n) is 2.27. The molecule has 26 heavy (non-hydrogen) atoms. The maximum Gasteiger partial charge on any atom is 0.314 e. The van der Waals surface area contributed by atoms with Crippen LogP contribution in [0.25, 0.3) is 22.7 Å². The van der Waals surface area contributed by atoms with Crippen LogP contribution in [0.1, 0.15) is 18.0 Å². The molecule has 0 fully saturated rings. The van der Waals surface area contributed by atoms with E-state index in [4.69, 9.17) is 4.42 Å². The molecule has 0 aliphatic rings. The lowest BCUT2D eigenvalue weighted by atomic mass is 10.2. The molecule has 0 aliphatic heterocycles. The van der Waals surface area contributed by atoms with E-state index in [2.05, 4.69) is 30.5 Å². The van der Waals surface area contributed by atoms with Crippen LogP contribution in [-0.4, -0.2) is 35.2 Å². The van der Waals surface area contributed by atoms with Crippen molar-refractivity contribution in [1.29, 1.82) is 0 Å². The Morgan fingerprint density at radius 3 is 2.65 bits per heavy atom. The highest BCUT2D eigenvalue weighted by Gasteiger charge is 2.17. The van der Waals surface area contributed by atoms with E-state index in [1.54, 1.807) is 35.4 Å². The number of rotatable bonds is 5. The topological polar surface area (TPSA) is 95.4 Å². The number of alkyl halides is 2. The van der Waals surface area contributed by atoms with Crippen molar-refractivity contribution < 1.29 is 13.2 Å². The molecule has 0 saturated heterocycles. The summed E-state index contributed by atoms with van der Waals surface area (Å²) < 4.78 is 31.5. The summed E-state index contributed by atoms with van der Waals surface area (Å²) in [5.74, 6) is -0.714. The van der Waals surface area contributed by atoms with Crippen LogP contribution in [0.3, 0.4) is 0 Å². The lowest BCUT2D eigenvalue weighted by molar-refractivity contribution is 0.116. The minimum Gasteiger partial charge on any atom is -0.415 e. The first kappa shape index (κ1) is 15.9. The Morgan fingerprint density at radius 1 is 1.04 bits per heavy atom. The molecule has 0 aliphatic carbocycles. The highest BCUT2D eigenvalue weighted by atomic mass is 19.3. The van der Waals surface area contributed by atoms with E-state index in [0.717, 1.165) is 5.56 Å². The van der Waals surface area contributed by atoms with E-state index in [0.29, 0.717) is 23.5 Å². The van der Waals surface area contributed by atoms with Gasteiger partial charge in [-0.1, -0.05) is 5.21 Å². The normalized spacial score (nSPS) is 11.2. The largest absolute Gasteiger partial charge is 0.415 e. The van der Waals surface area contributed by atoms with Gasteiger partial charge in [0.25, 0.3) is 5.89 Å². The molecule has 4 heterocycles. The summed E-state index contributed by atoms with van der Waals surface area (Å²) in [6, 6.07) is 7.12. The zero-order chi connectivity index (χ0) is 17.9. The quantitative estimate of drug-likeness (QED) is 0.543. The van der Waals surface area contributed by atoms with Gasteiger partial charge in [0.05, 0.1) is 24.0 Å². The second-order valence-corrected chi connectivity index (χ2v) is 5.33. The summed E-state index contributed by atoms with van der Waals surface area (Å²) in [7, 11) is 0. The van der Waals surface area contributed by atoms with Gasteiger partial charge in [-0.3, -0.25) is 9.97 Å². The van der Waals surface area contributed by atoms with Crippen molar-refractivity contribution in [2.45, 2.75) is 13.0 Å². The third kappa shape index (κ3) is 3.29. The first-order valence-electron chi connectivity index (χ1n) is 7.56. The van der Waals surface area contributed by atoms with Crippen LogP contribution in [0.15, 0.2) is 53.5 Å². The number of halogens is 2. The Labute approximate surface area is 145 Å². The molecule has 0 spiro atoms. The van der Waals surface area contributed by atoms with Crippen LogP contribution in [0, 0.1) is 0 Å². The highest BCUT2D eigenvalue weighted by Crippen LogP contribution is 2.22. The molecule has 0 N–H and O–H groups in total. The van der Waals surface area contributed by atoms with Gasteiger partial charge in [-0.05, 0) is 24.3 Å². The summed E-state index contributed by atoms with van der Waals surface area (Å²) in [5.41, 5.74) is 2.75. The maximum atomic E-state index is 12.5. The van der Waals surface area contributed by atoms with E-state index >= 15 is 0 Å². The molecular formula is C16H11F2N7O. The third-order valence-corrected chi connectivity index (χ3v) is 3.52. The third-order valence-electron chi connectivity index (χ3n) is 3.52. The summed E-state index contributed by atoms with van der Waals surface area (Å²) >= 11 is 0. The highest BCUT2D eigenvalue weighted by molar-refractivity contribution is 5.55. The Hall–Kier alpha value is -3.56. The van der Waals surface area contributed by atoms with E-state index < -0.39 is 12.3 Å². The lowest BCUT2D eigenvalue weighted by Gasteiger charge is -2.01. The van der Waals surface area contributed by atoms with Gasteiger partial charge in [0.2, 0.25) is 5.89 Å². The minimum absolute atomic E-state index is 0.000954. The molecular weight excluding hydrogens is 344 g/mol. The number of aromatic nitrogens is 7. The smallest absolute Gasteiger partial charge is 0.314 e. The van der Waals surface area contributed by atoms with E-state index in [1.165, 1.54) is 6.20 Å². The Morgan fingerprint density at radius 2 is 1.96 bits per heavy atom. The lowest BCUT2D eigenvalue weighted by Crippen LogP contribution is -2.02. The molecule has 0 unspecified atom stereocenters. The number of nitrogens with zero attached hydrogens (tertiary/aromatic N) is 7. The van der Waals surface area contributed by atoms with Gasteiger partial charge >= 0.3 is 6.43 Å². The van der Waals surface area contributed by atoms with Gasteiger partial charge in [-0.25, -0.2) is 4.68 Å². The molecule has 8 nitrogen and oxygen atoms in total. The maximum absolute atomic E-state index is 12.5. The first-order valence-corrected chi connectivity index (χ1v) is 7.56. The molecule has 0 bridgehead atoms. The molecule has 0 aromatic carbocycles. The predicted octanol–water partition coefficient (Wildman–Crippen LogP) is 2.77. The molecule has 4 aromatic rings. The Bertz CT molecular complexity index is 999. The Balaban J connectivity index is 1.48. The zero-order valence-electron chi connectivity index (χ0n) is 13.2. The van der Waals surface area contributed by atoms with Gasteiger partial charge in [-0.15, -0.1) is 15.3 Å². The van der Waals surface area contributed by atoms with E-state index in [9.17, 15) is 8.78 Å². The van der Waals surface area contributed by atoms with Crippen molar-refractivity contribution in [3.8, 4) is 22.7 Å². The van der Waals surface area contributed by atoms with Gasteiger partial charge < -0.3 is 4.42 Å². The average Bonchev–Trinajstić information content (AvgIpc) is 3.33. The summed E-state index contributed by atoms with van der Waals surface area (Å²) in [6.45, 7) is 0.402. The van der Waals surface area contributed by atoms with Crippen molar-refractivity contribution in [3.05, 3.63) is 60.6 Å². The number of pyridine rings is 2. The number of hydrogen-bond donors (Lipinski definition) is 0. The summed E-state index contributed by atoms with van der Waals surface area (Å²) in [6.07, 6.45) is 3.87. The second kappa shape index (κ2) is 6.75. The average molecular weight is 355 g/mol.